The van der Waals surface area contributed by atoms with Gasteiger partial charge in [0.25, 0.3) is 0 Å². The minimum absolute atomic E-state index is 0.141. The van der Waals surface area contributed by atoms with Crippen molar-refractivity contribution in [3.63, 3.8) is 0 Å². The van der Waals surface area contributed by atoms with E-state index in [4.69, 9.17) is 10.5 Å². The van der Waals surface area contributed by atoms with Gasteiger partial charge in [0.1, 0.15) is 5.75 Å². The Morgan fingerprint density at radius 1 is 1.38 bits per heavy atom. The van der Waals surface area contributed by atoms with Gasteiger partial charge >= 0.3 is 0 Å². The van der Waals surface area contributed by atoms with Gasteiger partial charge in [-0.1, -0.05) is 0 Å². The summed E-state index contributed by atoms with van der Waals surface area (Å²) < 4.78 is 5.15. The van der Waals surface area contributed by atoms with E-state index in [-0.39, 0.29) is 5.75 Å². The monoisotopic (exact) mass is 223 g/mol. The van der Waals surface area contributed by atoms with Gasteiger partial charge in [-0.15, -0.1) is 0 Å². The van der Waals surface area contributed by atoms with Crippen LogP contribution in [-0.4, -0.2) is 38.4 Å². The van der Waals surface area contributed by atoms with Crippen LogP contribution in [0.15, 0.2) is 12.1 Å². The molecule has 0 saturated carbocycles. The molecule has 1 aliphatic rings. The van der Waals surface area contributed by atoms with Crippen molar-refractivity contribution in [3.8, 4) is 11.5 Å². The number of ether oxygens (including phenoxy) is 1. The maximum atomic E-state index is 9.93. The van der Waals surface area contributed by atoms with E-state index >= 15 is 0 Å². The third-order valence-electron chi connectivity index (χ3n) is 2.79. The lowest BCUT2D eigenvalue weighted by Gasteiger charge is -2.30. The molecule has 1 heterocycles. The van der Waals surface area contributed by atoms with Crippen molar-refractivity contribution in [1.29, 1.82) is 0 Å². The Kier molecular flexibility index (Phi) is 3.05. The Hall–Kier alpha value is -1.62. The Balaban J connectivity index is 2.33. The zero-order chi connectivity index (χ0) is 11.5. The SMILES string of the molecule is COc1cc(N)c(O)c(N2CCNCC2)c1. The van der Waals surface area contributed by atoms with Crippen molar-refractivity contribution >= 4 is 11.4 Å². The van der Waals surface area contributed by atoms with Crippen molar-refractivity contribution in [1.82, 2.24) is 5.32 Å². The molecule has 0 unspecified atom stereocenters. The van der Waals surface area contributed by atoms with Crippen LogP contribution in [0.2, 0.25) is 0 Å². The third-order valence-corrected chi connectivity index (χ3v) is 2.79. The molecular formula is C11H17N3O2. The van der Waals surface area contributed by atoms with Crippen LogP contribution in [0, 0.1) is 0 Å². The van der Waals surface area contributed by atoms with Gasteiger partial charge in [-0.3, -0.25) is 0 Å². The normalized spacial score (nSPS) is 16.2. The maximum Gasteiger partial charge on any atom is 0.162 e. The number of phenols is 1. The molecule has 1 aromatic rings. The number of nitrogens with one attached hydrogen (secondary N) is 1. The molecule has 0 aromatic heterocycles. The van der Waals surface area contributed by atoms with E-state index in [0.29, 0.717) is 11.4 Å². The molecule has 88 valence electrons. The number of rotatable bonds is 2. The summed E-state index contributed by atoms with van der Waals surface area (Å²) in [6.45, 7) is 3.55. The summed E-state index contributed by atoms with van der Waals surface area (Å²) >= 11 is 0. The van der Waals surface area contributed by atoms with E-state index in [2.05, 4.69) is 10.2 Å². The van der Waals surface area contributed by atoms with E-state index < -0.39 is 0 Å². The molecule has 0 spiro atoms. The summed E-state index contributed by atoms with van der Waals surface area (Å²) in [4.78, 5) is 2.10. The second-order valence-corrected chi connectivity index (χ2v) is 3.82. The highest BCUT2D eigenvalue weighted by atomic mass is 16.5. The highest BCUT2D eigenvalue weighted by Gasteiger charge is 2.17. The van der Waals surface area contributed by atoms with Crippen LogP contribution in [0.4, 0.5) is 11.4 Å². The molecule has 1 aliphatic heterocycles. The number of nitrogens with zero attached hydrogens (tertiary/aromatic N) is 1. The molecule has 0 bridgehead atoms. The molecule has 0 radical (unpaired) electrons. The zero-order valence-corrected chi connectivity index (χ0v) is 9.36. The lowest BCUT2D eigenvalue weighted by atomic mass is 10.2. The smallest absolute Gasteiger partial charge is 0.162 e. The van der Waals surface area contributed by atoms with Crippen LogP contribution in [0.25, 0.3) is 0 Å². The summed E-state index contributed by atoms with van der Waals surface area (Å²) in [5.74, 6) is 0.812. The Morgan fingerprint density at radius 2 is 2.06 bits per heavy atom. The molecule has 0 atom stereocenters. The number of benzene rings is 1. The predicted octanol–water partition coefficient (Wildman–Crippen LogP) is 0.393. The quantitative estimate of drug-likeness (QED) is 0.500. The van der Waals surface area contributed by atoms with E-state index in [0.717, 1.165) is 31.9 Å². The summed E-state index contributed by atoms with van der Waals surface area (Å²) in [6.07, 6.45) is 0. The van der Waals surface area contributed by atoms with Crippen LogP contribution in [0.1, 0.15) is 0 Å². The fraction of sp³-hybridized carbons (Fsp3) is 0.455. The molecular weight excluding hydrogens is 206 g/mol. The van der Waals surface area contributed by atoms with Gasteiger partial charge in [0, 0.05) is 38.3 Å². The van der Waals surface area contributed by atoms with Crippen molar-refractivity contribution < 1.29 is 9.84 Å². The van der Waals surface area contributed by atoms with Gasteiger partial charge in [0.2, 0.25) is 0 Å². The average molecular weight is 223 g/mol. The van der Waals surface area contributed by atoms with E-state index in [9.17, 15) is 5.11 Å². The summed E-state index contributed by atoms with van der Waals surface area (Å²) in [6, 6.07) is 3.44. The first-order valence-electron chi connectivity index (χ1n) is 5.34. The minimum Gasteiger partial charge on any atom is -0.504 e. The predicted molar refractivity (Wildman–Crippen MR) is 64.2 cm³/mol. The molecule has 1 fully saturated rings. The standard InChI is InChI=1S/C11H17N3O2/c1-16-8-6-9(12)11(15)10(7-8)14-4-2-13-3-5-14/h6-7,13,15H,2-5,12H2,1H3. The molecule has 5 nitrogen and oxygen atoms in total. The fourth-order valence-corrected chi connectivity index (χ4v) is 1.88. The highest BCUT2D eigenvalue weighted by Crippen LogP contribution is 2.37. The number of hydrogen-bond acceptors (Lipinski definition) is 5. The summed E-state index contributed by atoms with van der Waals surface area (Å²) in [7, 11) is 1.59. The second-order valence-electron chi connectivity index (χ2n) is 3.82. The molecule has 16 heavy (non-hydrogen) atoms. The van der Waals surface area contributed by atoms with Gasteiger partial charge in [-0.2, -0.15) is 0 Å². The van der Waals surface area contributed by atoms with Crippen LogP contribution >= 0.6 is 0 Å². The number of aromatic hydroxyl groups is 1. The number of phenolic OH excluding ortho intramolecular Hbond substituents is 1. The minimum atomic E-state index is 0.141. The Bertz CT molecular complexity index is 376. The van der Waals surface area contributed by atoms with Gasteiger partial charge in [-0.25, -0.2) is 0 Å². The maximum absolute atomic E-state index is 9.93. The number of anilines is 2. The van der Waals surface area contributed by atoms with Crippen LogP contribution in [0.5, 0.6) is 11.5 Å². The van der Waals surface area contributed by atoms with Gasteiger partial charge in [-0.05, 0) is 0 Å². The van der Waals surface area contributed by atoms with Crippen LogP contribution < -0.4 is 20.7 Å². The van der Waals surface area contributed by atoms with Crippen molar-refractivity contribution in [3.05, 3.63) is 12.1 Å². The van der Waals surface area contributed by atoms with Gasteiger partial charge in [0.05, 0.1) is 18.5 Å². The number of methoxy groups -OCH3 is 1. The number of hydrogen-bond donors (Lipinski definition) is 3. The first-order chi connectivity index (χ1) is 7.72. The largest absolute Gasteiger partial charge is 0.504 e. The fourth-order valence-electron chi connectivity index (χ4n) is 1.88. The lowest BCUT2D eigenvalue weighted by Crippen LogP contribution is -2.43. The van der Waals surface area contributed by atoms with Gasteiger partial charge < -0.3 is 25.8 Å². The molecule has 1 aromatic carbocycles. The zero-order valence-electron chi connectivity index (χ0n) is 9.36. The van der Waals surface area contributed by atoms with Gasteiger partial charge in [0.15, 0.2) is 5.75 Å². The summed E-state index contributed by atoms with van der Waals surface area (Å²) in [5.41, 5.74) is 6.83. The van der Waals surface area contributed by atoms with Crippen molar-refractivity contribution in [2.45, 2.75) is 0 Å². The first kappa shape index (κ1) is 10.9. The first-order valence-corrected chi connectivity index (χ1v) is 5.34. The lowest BCUT2D eigenvalue weighted by molar-refractivity contribution is 0.412. The van der Waals surface area contributed by atoms with E-state index in [1.54, 1.807) is 13.2 Å². The molecule has 1 saturated heterocycles. The van der Waals surface area contributed by atoms with E-state index in [1.165, 1.54) is 0 Å². The molecule has 4 N–H and O–H groups in total. The molecule has 0 aliphatic carbocycles. The number of nitrogens with two attached hydrogens (primary N) is 1. The number of nitrogen functional groups attached to an aromatic ring is 1. The molecule has 2 rings (SSSR count). The number of piperazine rings is 1. The third kappa shape index (κ3) is 1.99. The second kappa shape index (κ2) is 4.49. The van der Waals surface area contributed by atoms with Crippen molar-refractivity contribution in [2.24, 2.45) is 0 Å². The topological polar surface area (TPSA) is 70.8 Å². The Labute approximate surface area is 94.8 Å². The van der Waals surface area contributed by atoms with Crippen LogP contribution in [0.3, 0.4) is 0 Å². The molecule has 5 heteroatoms. The van der Waals surface area contributed by atoms with E-state index in [1.807, 2.05) is 6.07 Å². The Morgan fingerprint density at radius 3 is 2.69 bits per heavy atom. The molecule has 0 amide bonds. The average Bonchev–Trinajstić information content (AvgIpc) is 2.33. The highest BCUT2D eigenvalue weighted by molar-refractivity contribution is 5.72. The summed E-state index contributed by atoms with van der Waals surface area (Å²) in [5, 5.41) is 13.2. The van der Waals surface area contributed by atoms with Crippen LogP contribution in [-0.2, 0) is 0 Å². The van der Waals surface area contributed by atoms with Crippen molar-refractivity contribution in [2.75, 3.05) is 43.9 Å².